The molecule has 1 aromatic carbocycles. The third-order valence-electron chi connectivity index (χ3n) is 1.64. The van der Waals surface area contributed by atoms with E-state index in [0.717, 1.165) is 17.3 Å². The van der Waals surface area contributed by atoms with Crippen LogP contribution < -0.4 is 4.74 Å². The van der Waals surface area contributed by atoms with Crippen LogP contribution in [-0.2, 0) is 5.75 Å². The second-order valence-corrected chi connectivity index (χ2v) is 3.69. The molecular weight excluding hydrogens is 180 g/mol. The van der Waals surface area contributed by atoms with Gasteiger partial charge in [0.2, 0.25) is 0 Å². The fourth-order valence-electron chi connectivity index (χ4n) is 1.02. The van der Waals surface area contributed by atoms with Crippen LogP contribution in [-0.4, -0.2) is 12.9 Å². The van der Waals surface area contributed by atoms with Crippen LogP contribution in [0.5, 0.6) is 5.75 Å². The molecule has 2 heteroatoms. The van der Waals surface area contributed by atoms with Gasteiger partial charge in [0.15, 0.2) is 0 Å². The van der Waals surface area contributed by atoms with Crippen LogP contribution in [0, 0.1) is 0 Å². The average molecular weight is 194 g/mol. The van der Waals surface area contributed by atoms with Gasteiger partial charge in [0.05, 0.1) is 7.11 Å². The summed E-state index contributed by atoms with van der Waals surface area (Å²) in [7, 11) is 1.69. The van der Waals surface area contributed by atoms with E-state index in [9.17, 15) is 0 Å². The highest BCUT2D eigenvalue weighted by Gasteiger charge is 1.94. The molecule has 0 aromatic heterocycles. The minimum atomic E-state index is 0.928. The summed E-state index contributed by atoms with van der Waals surface area (Å²) >= 11 is 1.85. The third kappa shape index (κ3) is 3.55. The van der Waals surface area contributed by atoms with Crippen LogP contribution in [0.4, 0.5) is 0 Å². The van der Waals surface area contributed by atoms with E-state index in [2.05, 4.69) is 18.7 Å². The molecule has 0 aliphatic carbocycles. The second-order valence-electron chi connectivity index (χ2n) is 2.66. The summed E-state index contributed by atoms with van der Waals surface area (Å²) in [6.45, 7) is 3.68. The number of ether oxygens (including phenoxy) is 1. The first-order chi connectivity index (χ1) is 6.36. The lowest BCUT2D eigenvalue weighted by atomic mass is 10.2. The van der Waals surface area contributed by atoms with E-state index in [-0.39, 0.29) is 0 Å². The van der Waals surface area contributed by atoms with Crippen molar-refractivity contribution in [1.82, 2.24) is 0 Å². The summed E-state index contributed by atoms with van der Waals surface area (Å²) < 4.78 is 5.13. The predicted molar refractivity (Wildman–Crippen MR) is 59.4 cm³/mol. The Bertz CT molecular complexity index is 271. The van der Waals surface area contributed by atoms with Crippen LogP contribution in [0.1, 0.15) is 5.56 Å². The number of methoxy groups -OCH3 is 1. The van der Waals surface area contributed by atoms with Crippen molar-refractivity contribution in [2.75, 3.05) is 12.9 Å². The molecule has 1 rings (SSSR count). The molecule has 0 heterocycles. The minimum absolute atomic E-state index is 0.928. The standard InChI is InChI=1S/C11H14OS/c1-3-7-13-9-10-5-4-6-11(8-10)12-2/h3-6,8H,1,7,9H2,2H3. The second kappa shape index (κ2) is 5.70. The molecule has 0 bridgehead atoms. The summed E-state index contributed by atoms with van der Waals surface area (Å²) in [6.07, 6.45) is 1.92. The molecule has 0 spiro atoms. The van der Waals surface area contributed by atoms with Gasteiger partial charge in [-0.2, -0.15) is 11.8 Å². The first kappa shape index (κ1) is 10.2. The van der Waals surface area contributed by atoms with Gasteiger partial charge in [0.25, 0.3) is 0 Å². The molecule has 0 amide bonds. The zero-order chi connectivity index (χ0) is 9.52. The van der Waals surface area contributed by atoms with E-state index in [1.54, 1.807) is 7.11 Å². The van der Waals surface area contributed by atoms with E-state index in [4.69, 9.17) is 4.74 Å². The van der Waals surface area contributed by atoms with Gasteiger partial charge in [0, 0.05) is 11.5 Å². The molecule has 70 valence electrons. The SMILES string of the molecule is C=CCSCc1cccc(OC)c1. The lowest BCUT2D eigenvalue weighted by Gasteiger charge is -2.02. The minimum Gasteiger partial charge on any atom is -0.497 e. The van der Waals surface area contributed by atoms with Crippen molar-refractivity contribution in [3.8, 4) is 5.75 Å². The lowest BCUT2D eigenvalue weighted by Crippen LogP contribution is -1.85. The maximum Gasteiger partial charge on any atom is 0.119 e. The summed E-state index contributed by atoms with van der Waals surface area (Å²) in [5.41, 5.74) is 1.30. The fourth-order valence-corrected chi connectivity index (χ4v) is 1.72. The average Bonchev–Trinajstić information content (AvgIpc) is 2.19. The van der Waals surface area contributed by atoms with Crippen molar-refractivity contribution in [3.05, 3.63) is 42.5 Å². The Morgan fingerprint density at radius 2 is 2.38 bits per heavy atom. The topological polar surface area (TPSA) is 9.23 Å². The molecule has 0 radical (unpaired) electrons. The van der Waals surface area contributed by atoms with Crippen molar-refractivity contribution in [3.63, 3.8) is 0 Å². The fraction of sp³-hybridized carbons (Fsp3) is 0.273. The smallest absolute Gasteiger partial charge is 0.119 e. The summed E-state index contributed by atoms with van der Waals surface area (Å²) in [4.78, 5) is 0. The molecule has 0 unspecified atom stereocenters. The normalized spacial score (nSPS) is 9.62. The van der Waals surface area contributed by atoms with Gasteiger partial charge in [-0.3, -0.25) is 0 Å². The zero-order valence-corrected chi connectivity index (χ0v) is 8.64. The third-order valence-corrected chi connectivity index (χ3v) is 2.65. The van der Waals surface area contributed by atoms with Crippen LogP contribution in [0.2, 0.25) is 0 Å². The van der Waals surface area contributed by atoms with Crippen LogP contribution in [0.15, 0.2) is 36.9 Å². The molecule has 0 saturated carbocycles. The number of rotatable bonds is 5. The summed E-state index contributed by atoms with van der Waals surface area (Å²) in [5, 5.41) is 0. The molecule has 13 heavy (non-hydrogen) atoms. The van der Waals surface area contributed by atoms with Gasteiger partial charge in [-0.25, -0.2) is 0 Å². The van der Waals surface area contributed by atoms with Gasteiger partial charge in [-0.05, 0) is 17.7 Å². The van der Waals surface area contributed by atoms with Crippen LogP contribution in [0.3, 0.4) is 0 Å². The first-order valence-corrected chi connectivity index (χ1v) is 5.34. The van der Waals surface area contributed by atoms with Gasteiger partial charge < -0.3 is 4.74 Å². The van der Waals surface area contributed by atoms with E-state index < -0.39 is 0 Å². The predicted octanol–water partition coefficient (Wildman–Crippen LogP) is 3.11. The summed E-state index contributed by atoms with van der Waals surface area (Å²) in [5.74, 6) is 2.94. The van der Waals surface area contributed by atoms with Crippen LogP contribution in [0.25, 0.3) is 0 Å². The maximum atomic E-state index is 5.13. The Hall–Kier alpha value is -0.890. The molecule has 0 aliphatic rings. The molecular formula is C11H14OS. The Morgan fingerprint density at radius 1 is 1.54 bits per heavy atom. The number of thioether (sulfide) groups is 1. The highest BCUT2D eigenvalue weighted by molar-refractivity contribution is 7.98. The number of hydrogen-bond donors (Lipinski definition) is 0. The molecule has 0 N–H and O–H groups in total. The van der Waals surface area contributed by atoms with Crippen molar-refractivity contribution >= 4 is 11.8 Å². The monoisotopic (exact) mass is 194 g/mol. The van der Waals surface area contributed by atoms with E-state index in [1.807, 2.05) is 30.0 Å². The van der Waals surface area contributed by atoms with E-state index in [0.29, 0.717) is 0 Å². The first-order valence-electron chi connectivity index (χ1n) is 4.18. The Morgan fingerprint density at radius 3 is 3.08 bits per heavy atom. The van der Waals surface area contributed by atoms with Crippen LogP contribution >= 0.6 is 11.8 Å². The maximum absolute atomic E-state index is 5.13. The number of benzene rings is 1. The molecule has 0 saturated heterocycles. The van der Waals surface area contributed by atoms with E-state index >= 15 is 0 Å². The van der Waals surface area contributed by atoms with Gasteiger partial charge in [-0.1, -0.05) is 18.2 Å². The molecule has 1 aromatic rings. The van der Waals surface area contributed by atoms with Gasteiger partial charge in [-0.15, -0.1) is 6.58 Å². The molecule has 0 aliphatic heterocycles. The lowest BCUT2D eigenvalue weighted by molar-refractivity contribution is 0.414. The molecule has 1 nitrogen and oxygen atoms in total. The Kier molecular flexibility index (Phi) is 4.47. The Labute approximate surface area is 83.8 Å². The zero-order valence-electron chi connectivity index (χ0n) is 7.82. The highest BCUT2D eigenvalue weighted by Crippen LogP contribution is 2.17. The molecule has 0 fully saturated rings. The largest absolute Gasteiger partial charge is 0.497 e. The van der Waals surface area contributed by atoms with Crippen molar-refractivity contribution in [2.24, 2.45) is 0 Å². The van der Waals surface area contributed by atoms with Crippen molar-refractivity contribution < 1.29 is 4.74 Å². The van der Waals surface area contributed by atoms with Gasteiger partial charge in [0.1, 0.15) is 5.75 Å². The quantitative estimate of drug-likeness (QED) is 0.526. The van der Waals surface area contributed by atoms with Crippen molar-refractivity contribution in [2.45, 2.75) is 5.75 Å². The highest BCUT2D eigenvalue weighted by atomic mass is 32.2. The van der Waals surface area contributed by atoms with E-state index in [1.165, 1.54) is 5.56 Å². The number of hydrogen-bond acceptors (Lipinski definition) is 2. The Balaban J connectivity index is 2.50. The summed E-state index contributed by atoms with van der Waals surface area (Å²) in [6, 6.07) is 8.15. The van der Waals surface area contributed by atoms with Crippen molar-refractivity contribution in [1.29, 1.82) is 0 Å². The molecule has 0 atom stereocenters. The van der Waals surface area contributed by atoms with Gasteiger partial charge >= 0.3 is 0 Å².